The predicted molar refractivity (Wildman–Crippen MR) is 124 cm³/mol. The van der Waals surface area contributed by atoms with Gasteiger partial charge in [-0.15, -0.1) is 0 Å². The fraction of sp³-hybridized carbons (Fsp3) is 0.227. The number of ether oxygens (including phenoxy) is 1. The van der Waals surface area contributed by atoms with Gasteiger partial charge in [-0.05, 0) is 79.6 Å². The average molecular weight is 505 g/mol. The third kappa shape index (κ3) is 5.48. The monoisotopic (exact) mass is 504 g/mol. The van der Waals surface area contributed by atoms with Gasteiger partial charge in [0.25, 0.3) is 11.1 Å². The van der Waals surface area contributed by atoms with Crippen molar-refractivity contribution in [3.63, 3.8) is 0 Å². The van der Waals surface area contributed by atoms with E-state index in [1.165, 1.54) is 12.1 Å². The number of imide groups is 1. The molecule has 0 bridgehead atoms. The van der Waals surface area contributed by atoms with Crippen molar-refractivity contribution < 1.29 is 24.2 Å². The second-order valence-electron chi connectivity index (χ2n) is 6.97. The van der Waals surface area contributed by atoms with Crippen LogP contribution in [-0.4, -0.2) is 40.2 Å². The Bertz CT molecular complexity index is 1080. The molecule has 31 heavy (non-hydrogen) atoms. The van der Waals surface area contributed by atoms with E-state index in [9.17, 15) is 19.5 Å². The number of nitrogens with zero attached hydrogens (tertiary/aromatic N) is 1. The van der Waals surface area contributed by atoms with Crippen molar-refractivity contribution in [3.8, 4) is 11.5 Å². The molecule has 3 amide bonds. The molecular weight excluding hydrogens is 484 g/mol. The highest BCUT2D eigenvalue weighted by molar-refractivity contribution is 9.10. The van der Waals surface area contributed by atoms with Gasteiger partial charge in [-0.3, -0.25) is 19.3 Å². The van der Waals surface area contributed by atoms with E-state index >= 15 is 0 Å². The molecule has 2 aromatic rings. The number of carbonyl (C=O) groups is 3. The lowest BCUT2D eigenvalue weighted by Gasteiger charge is -2.13. The number of amides is 3. The molecule has 1 aliphatic heterocycles. The molecule has 0 aromatic heterocycles. The topological polar surface area (TPSA) is 95.9 Å². The molecule has 1 heterocycles. The van der Waals surface area contributed by atoms with Gasteiger partial charge in [0.2, 0.25) is 5.91 Å². The van der Waals surface area contributed by atoms with Crippen LogP contribution < -0.4 is 10.1 Å². The number of hydrogen-bond donors (Lipinski definition) is 2. The number of phenolic OH excluding ortho intramolecular Hbond substituents is 1. The third-order valence-corrected chi connectivity index (χ3v) is 5.94. The summed E-state index contributed by atoms with van der Waals surface area (Å²) in [7, 11) is 0. The van der Waals surface area contributed by atoms with E-state index in [4.69, 9.17) is 4.74 Å². The van der Waals surface area contributed by atoms with E-state index in [0.29, 0.717) is 22.3 Å². The second kappa shape index (κ2) is 9.57. The Hall–Kier alpha value is -2.78. The Morgan fingerprint density at radius 2 is 1.87 bits per heavy atom. The zero-order valence-corrected chi connectivity index (χ0v) is 19.6. The van der Waals surface area contributed by atoms with Gasteiger partial charge in [0, 0.05) is 10.2 Å². The lowest BCUT2D eigenvalue weighted by Crippen LogP contribution is -2.36. The van der Waals surface area contributed by atoms with Crippen LogP contribution >= 0.6 is 27.7 Å². The lowest BCUT2D eigenvalue weighted by atomic mass is 10.1. The Morgan fingerprint density at radius 3 is 2.52 bits per heavy atom. The standard InChI is InChI=1S/C22H21BrN2O5S/c1-4-30-18-8-14(16(23)10-17(18)26)9-19-21(28)25(22(29)31-19)11-20(27)24-15-6-12(2)5-13(3)7-15/h5-10,26H,4,11H2,1-3H3,(H,24,27)/b19-9-. The minimum absolute atomic E-state index is 0.0398. The van der Waals surface area contributed by atoms with Crippen molar-refractivity contribution in [1.29, 1.82) is 0 Å². The van der Waals surface area contributed by atoms with Crippen molar-refractivity contribution in [2.75, 3.05) is 18.5 Å². The summed E-state index contributed by atoms with van der Waals surface area (Å²) in [6.07, 6.45) is 1.53. The molecule has 0 saturated carbocycles. The first-order chi connectivity index (χ1) is 14.7. The van der Waals surface area contributed by atoms with Gasteiger partial charge in [0.15, 0.2) is 11.5 Å². The highest BCUT2D eigenvalue weighted by Crippen LogP contribution is 2.37. The van der Waals surface area contributed by atoms with E-state index in [1.54, 1.807) is 13.0 Å². The third-order valence-electron chi connectivity index (χ3n) is 4.35. The number of thioether (sulfide) groups is 1. The summed E-state index contributed by atoms with van der Waals surface area (Å²) in [5, 5.41) is 12.1. The summed E-state index contributed by atoms with van der Waals surface area (Å²) in [4.78, 5) is 38.6. The van der Waals surface area contributed by atoms with Crippen LogP contribution in [0.1, 0.15) is 23.6 Å². The van der Waals surface area contributed by atoms with Crippen LogP contribution in [0.2, 0.25) is 0 Å². The maximum Gasteiger partial charge on any atom is 0.294 e. The summed E-state index contributed by atoms with van der Waals surface area (Å²) < 4.78 is 5.90. The maximum atomic E-state index is 12.7. The fourth-order valence-electron chi connectivity index (χ4n) is 3.11. The number of phenols is 1. The summed E-state index contributed by atoms with van der Waals surface area (Å²) in [5.74, 6) is -0.785. The Kier molecular flexibility index (Phi) is 7.07. The summed E-state index contributed by atoms with van der Waals surface area (Å²) >= 11 is 4.09. The summed E-state index contributed by atoms with van der Waals surface area (Å²) in [6.45, 7) is 5.61. The van der Waals surface area contributed by atoms with E-state index in [1.807, 2.05) is 32.0 Å². The molecule has 0 aliphatic carbocycles. The molecule has 1 aliphatic rings. The number of rotatable bonds is 6. The van der Waals surface area contributed by atoms with Crippen LogP contribution in [0.25, 0.3) is 6.08 Å². The van der Waals surface area contributed by atoms with Crippen LogP contribution in [0.15, 0.2) is 39.7 Å². The average Bonchev–Trinajstić information content (AvgIpc) is 2.92. The maximum absolute atomic E-state index is 12.7. The number of aryl methyl sites for hydroxylation is 2. The van der Waals surface area contributed by atoms with Crippen LogP contribution in [0.3, 0.4) is 0 Å². The molecule has 7 nitrogen and oxygen atoms in total. The van der Waals surface area contributed by atoms with E-state index in [-0.39, 0.29) is 22.9 Å². The molecule has 0 unspecified atom stereocenters. The van der Waals surface area contributed by atoms with Crippen molar-refractivity contribution in [1.82, 2.24) is 4.90 Å². The van der Waals surface area contributed by atoms with Crippen molar-refractivity contribution in [3.05, 3.63) is 56.4 Å². The first-order valence-corrected chi connectivity index (χ1v) is 11.1. The van der Waals surface area contributed by atoms with E-state index < -0.39 is 17.1 Å². The predicted octanol–water partition coefficient (Wildman–Crippen LogP) is 4.85. The number of hydrogen-bond acceptors (Lipinski definition) is 6. The van der Waals surface area contributed by atoms with Gasteiger partial charge in [0.1, 0.15) is 6.54 Å². The van der Waals surface area contributed by atoms with Gasteiger partial charge in [-0.2, -0.15) is 0 Å². The van der Waals surface area contributed by atoms with E-state index in [2.05, 4.69) is 21.2 Å². The van der Waals surface area contributed by atoms with Gasteiger partial charge in [-0.25, -0.2) is 0 Å². The molecule has 3 rings (SSSR count). The number of nitrogens with one attached hydrogen (secondary N) is 1. The minimum atomic E-state index is -0.552. The molecule has 0 atom stereocenters. The molecular formula is C22H21BrN2O5S. The van der Waals surface area contributed by atoms with Crippen LogP contribution in [0.4, 0.5) is 10.5 Å². The first-order valence-electron chi connectivity index (χ1n) is 9.46. The van der Waals surface area contributed by atoms with Gasteiger partial charge in [-0.1, -0.05) is 22.0 Å². The Balaban J connectivity index is 1.76. The molecule has 0 spiro atoms. The smallest absolute Gasteiger partial charge is 0.294 e. The van der Waals surface area contributed by atoms with Crippen LogP contribution in [-0.2, 0) is 9.59 Å². The number of halogens is 1. The Labute approximate surface area is 192 Å². The van der Waals surface area contributed by atoms with Gasteiger partial charge < -0.3 is 15.2 Å². The fourth-order valence-corrected chi connectivity index (χ4v) is 4.38. The highest BCUT2D eigenvalue weighted by atomic mass is 79.9. The highest BCUT2D eigenvalue weighted by Gasteiger charge is 2.36. The summed E-state index contributed by atoms with van der Waals surface area (Å²) in [5.41, 5.74) is 3.17. The molecule has 2 N–H and O–H groups in total. The van der Waals surface area contributed by atoms with Crippen LogP contribution in [0.5, 0.6) is 11.5 Å². The Morgan fingerprint density at radius 1 is 1.19 bits per heavy atom. The minimum Gasteiger partial charge on any atom is -0.504 e. The largest absolute Gasteiger partial charge is 0.504 e. The molecule has 1 saturated heterocycles. The number of benzene rings is 2. The molecule has 162 valence electrons. The number of aromatic hydroxyl groups is 1. The number of anilines is 1. The molecule has 2 aromatic carbocycles. The second-order valence-corrected chi connectivity index (χ2v) is 8.81. The molecule has 1 fully saturated rings. The van der Waals surface area contributed by atoms with Crippen LogP contribution in [0, 0.1) is 13.8 Å². The zero-order valence-electron chi connectivity index (χ0n) is 17.2. The molecule has 9 heteroatoms. The molecule has 0 radical (unpaired) electrons. The van der Waals surface area contributed by atoms with E-state index in [0.717, 1.165) is 27.8 Å². The van der Waals surface area contributed by atoms with Crippen molar-refractivity contribution in [2.24, 2.45) is 0 Å². The van der Waals surface area contributed by atoms with Gasteiger partial charge >= 0.3 is 0 Å². The summed E-state index contributed by atoms with van der Waals surface area (Å²) in [6, 6.07) is 8.64. The van der Waals surface area contributed by atoms with Gasteiger partial charge in [0.05, 0.1) is 11.5 Å². The first kappa shape index (κ1) is 22.9. The van der Waals surface area contributed by atoms with Crippen molar-refractivity contribution in [2.45, 2.75) is 20.8 Å². The quantitative estimate of drug-likeness (QED) is 0.546. The zero-order chi connectivity index (χ0) is 22.7. The SMILES string of the molecule is CCOc1cc(/C=C2\SC(=O)N(CC(=O)Nc3cc(C)cc(C)c3)C2=O)c(Br)cc1O. The van der Waals surface area contributed by atoms with Crippen molar-refractivity contribution >= 4 is 56.5 Å². The normalized spacial score (nSPS) is 15.0. The number of carbonyl (C=O) groups excluding carboxylic acids is 3. The lowest BCUT2D eigenvalue weighted by molar-refractivity contribution is -0.127.